The number of aromatic nitrogens is 2. The fraction of sp³-hybridized carbons (Fsp3) is 0.267. The maximum absolute atomic E-state index is 12.2. The smallest absolute Gasteiger partial charge is 0.422 e. The van der Waals surface area contributed by atoms with Crippen molar-refractivity contribution in [2.45, 2.75) is 26.4 Å². The standard InChI is InChI=1S/C15H18ClN5O4S/c1-15(2,3)25-14(22)21-26(23,24)20-12-7-5-4-6-11(12)19-13-10(16)8-17-9-18-13/h4-9,20H,1-3H3,(H,21,22)(H,17,18,19). The van der Waals surface area contributed by atoms with E-state index in [0.717, 1.165) is 0 Å². The van der Waals surface area contributed by atoms with Crippen molar-refractivity contribution in [1.29, 1.82) is 0 Å². The normalized spacial score (nSPS) is 11.5. The second kappa shape index (κ2) is 7.75. The van der Waals surface area contributed by atoms with Crippen molar-refractivity contribution >= 4 is 45.1 Å². The van der Waals surface area contributed by atoms with Gasteiger partial charge in [0.25, 0.3) is 0 Å². The molecule has 0 bridgehead atoms. The van der Waals surface area contributed by atoms with Crippen molar-refractivity contribution < 1.29 is 17.9 Å². The lowest BCUT2D eigenvalue weighted by Crippen LogP contribution is -2.39. The van der Waals surface area contributed by atoms with Gasteiger partial charge in [-0.25, -0.2) is 19.5 Å². The minimum Gasteiger partial charge on any atom is -0.443 e. The Balaban J connectivity index is 2.17. The Kier molecular flexibility index (Phi) is 5.88. The van der Waals surface area contributed by atoms with E-state index in [1.54, 1.807) is 43.7 Å². The number of nitrogens with zero attached hydrogens (tertiary/aromatic N) is 2. The van der Waals surface area contributed by atoms with Gasteiger partial charge in [0, 0.05) is 0 Å². The summed E-state index contributed by atoms with van der Waals surface area (Å²) in [5.41, 5.74) is -0.274. The molecule has 0 spiro atoms. The molecule has 140 valence electrons. The van der Waals surface area contributed by atoms with Crippen molar-refractivity contribution in [2.24, 2.45) is 0 Å². The van der Waals surface area contributed by atoms with Crippen LogP contribution in [0.15, 0.2) is 36.8 Å². The first-order valence-corrected chi connectivity index (χ1v) is 9.27. The Morgan fingerprint density at radius 3 is 2.46 bits per heavy atom. The summed E-state index contributed by atoms with van der Waals surface area (Å²) in [6.07, 6.45) is 1.60. The Morgan fingerprint density at radius 2 is 1.85 bits per heavy atom. The van der Waals surface area contributed by atoms with E-state index in [4.69, 9.17) is 16.3 Å². The molecule has 0 aliphatic rings. The lowest BCUT2D eigenvalue weighted by Gasteiger charge is -2.20. The number of carbonyl (C=O) groups excluding carboxylic acids is 1. The van der Waals surface area contributed by atoms with Crippen molar-refractivity contribution in [3.63, 3.8) is 0 Å². The molecule has 0 aliphatic carbocycles. The number of ether oxygens (including phenoxy) is 1. The van der Waals surface area contributed by atoms with E-state index in [9.17, 15) is 13.2 Å². The molecule has 0 atom stereocenters. The number of hydrogen-bond donors (Lipinski definition) is 3. The predicted octanol–water partition coefficient (Wildman–Crippen LogP) is 3.06. The van der Waals surface area contributed by atoms with Gasteiger partial charge in [-0.05, 0) is 32.9 Å². The van der Waals surface area contributed by atoms with Crippen LogP contribution in [0.4, 0.5) is 22.0 Å². The maximum Gasteiger partial charge on any atom is 0.422 e. The molecule has 0 saturated carbocycles. The second-order valence-electron chi connectivity index (χ2n) is 6.10. The van der Waals surface area contributed by atoms with E-state index in [1.165, 1.54) is 18.6 Å². The van der Waals surface area contributed by atoms with Gasteiger partial charge >= 0.3 is 16.3 Å². The van der Waals surface area contributed by atoms with E-state index in [1.807, 2.05) is 0 Å². The van der Waals surface area contributed by atoms with Crippen LogP contribution in [0.1, 0.15) is 20.8 Å². The van der Waals surface area contributed by atoms with Gasteiger partial charge in [-0.1, -0.05) is 23.7 Å². The van der Waals surface area contributed by atoms with Crippen LogP contribution in [0.3, 0.4) is 0 Å². The Labute approximate surface area is 156 Å². The molecule has 0 unspecified atom stereocenters. The summed E-state index contributed by atoms with van der Waals surface area (Å²) < 4.78 is 33.3. The van der Waals surface area contributed by atoms with E-state index >= 15 is 0 Å². The van der Waals surface area contributed by atoms with Crippen LogP contribution in [0.5, 0.6) is 0 Å². The van der Waals surface area contributed by atoms with Crippen molar-refractivity contribution in [3.8, 4) is 0 Å². The highest BCUT2D eigenvalue weighted by atomic mass is 35.5. The number of para-hydroxylation sites is 2. The van der Waals surface area contributed by atoms with Gasteiger partial charge in [0.1, 0.15) is 17.0 Å². The van der Waals surface area contributed by atoms with Gasteiger partial charge in [0.2, 0.25) is 0 Å². The molecule has 1 aromatic heterocycles. The zero-order chi connectivity index (χ0) is 19.4. The number of anilines is 3. The summed E-state index contributed by atoms with van der Waals surface area (Å²) in [7, 11) is -4.21. The van der Waals surface area contributed by atoms with Gasteiger partial charge in [-0.15, -0.1) is 0 Å². The molecular formula is C15H18ClN5O4S. The predicted molar refractivity (Wildman–Crippen MR) is 98.7 cm³/mol. The number of halogens is 1. The average molecular weight is 400 g/mol. The number of rotatable bonds is 5. The van der Waals surface area contributed by atoms with E-state index in [2.05, 4.69) is 20.0 Å². The Bertz CT molecular complexity index is 899. The minimum atomic E-state index is -4.21. The zero-order valence-electron chi connectivity index (χ0n) is 14.3. The van der Waals surface area contributed by atoms with Gasteiger partial charge in [-0.3, -0.25) is 4.72 Å². The Morgan fingerprint density at radius 1 is 1.19 bits per heavy atom. The van der Waals surface area contributed by atoms with Crippen molar-refractivity contribution in [1.82, 2.24) is 14.7 Å². The van der Waals surface area contributed by atoms with Crippen LogP contribution in [-0.2, 0) is 14.9 Å². The zero-order valence-corrected chi connectivity index (χ0v) is 15.9. The molecule has 2 rings (SSSR count). The molecule has 1 amide bonds. The molecule has 9 nitrogen and oxygen atoms in total. The quantitative estimate of drug-likeness (QED) is 0.706. The molecule has 0 radical (unpaired) electrons. The lowest BCUT2D eigenvalue weighted by molar-refractivity contribution is 0.0570. The van der Waals surface area contributed by atoms with Crippen LogP contribution in [0.25, 0.3) is 0 Å². The maximum atomic E-state index is 12.2. The largest absolute Gasteiger partial charge is 0.443 e. The first-order chi connectivity index (χ1) is 12.1. The summed E-state index contributed by atoms with van der Waals surface area (Å²) in [6, 6.07) is 6.43. The molecular weight excluding hydrogens is 382 g/mol. The van der Waals surface area contributed by atoms with E-state index in [-0.39, 0.29) is 10.7 Å². The fourth-order valence-electron chi connectivity index (χ4n) is 1.79. The number of nitrogens with one attached hydrogen (secondary N) is 3. The number of amides is 1. The number of benzene rings is 1. The summed E-state index contributed by atoms with van der Waals surface area (Å²) in [5.74, 6) is 0.299. The van der Waals surface area contributed by atoms with Gasteiger partial charge in [-0.2, -0.15) is 8.42 Å². The SMILES string of the molecule is CC(C)(C)OC(=O)NS(=O)(=O)Nc1ccccc1Nc1ncncc1Cl. The van der Waals surface area contributed by atoms with Crippen LogP contribution in [0, 0.1) is 0 Å². The molecule has 1 heterocycles. The highest BCUT2D eigenvalue weighted by Gasteiger charge is 2.22. The Hall–Kier alpha value is -2.59. The van der Waals surface area contributed by atoms with Gasteiger partial charge in [0.05, 0.1) is 17.6 Å². The first-order valence-electron chi connectivity index (χ1n) is 7.41. The fourth-order valence-corrected chi connectivity index (χ4v) is 2.72. The van der Waals surface area contributed by atoms with Crippen LogP contribution in [-0.4, -0.2) is 30.1 Å². The third-order valence-corrected chi connectivity index (χ3v) is 3.91. The van der Waals surface area contributed by atoms with E-state index < -0.39 is 21.9 Å². The molecule has 0 saturated heterocycles. The molecule has 11 heteroatoms. The summed E-state index contributed by atoms with van der Waals surface area (Å²) in [4.78, 5) is 19.4. The number of hydrogen-bond acceptors (Lipinski definition) is 7. The van der Waals surface area contributed by atoms with Crippen LogP contribution < -0.4 is 14.8 Å². The average Bonchev–Trinajstić information content (AvgIpc) is 2.48. The molecule has 3 N–H and O–H groups in total. The van der Waals surface area contributed by atoms with Gasteiger partial charge in [0.15, 0.2) is 5.82 Å². The molecule has 1 aromatic carbocycles. The third kappa shape index (κ3) is 6.05. The minimum absolute atomic E-state index is 0.179. The van der Waals surface area contributed by atoms with Crippen molar-refractivity contribution in [2.75, 3.05) is 10.0 Å². The van der Waals surface area contributed by atoms with E-state index in [0.29, 0.717) is 11.5 Å². The highest BCUT2D eigenvalue weighted by molar-refractivity contribution is 7.91. The highest BCUT2D eigenvalue weighted by Crippen LogP contribution is 2.28. The third-order valence-electron chi connectivity index (χ3n) is 2.71. The monoisotopic (exact) mass is 399 g/mol. The lowest BCUT2D eigenvalue weighted by atomic mass is 10.2. The topological polar surface area (TPSA) is 122 Å². The van der Waals surface area contributed by atoms with Crippen LogP contribution in [0.2, 0.25) is 5.02 Å². The van der Waals surface area contributed by atoms with Crippen LogP contribution >= 0.6 is 11.6 Å². The second-order valence-corrected chi connectivity index (χ2v) is 7.92. The van der Waals surface area contributed by atoms with Gasteiger partial charge < -0.3 is 10.1 Å². The molecule has 2 aromatic rings. The first kappa shape index (κ1) is 19.7. The van der Waals surface area contributed by atoms with Crippen molar-refractivity contribution in [3.05, 3.63) is 41.8 Å². The summed E-state index contributed by atoms with van der Waals surface area (Å²) in [6.45, 7) is 4.87. The molecule has 26 heavy (non-hydrogen) atoms. The number of carbonyl (C=O) groups is 1. The summed E-state index contributed by atoms with van der Waals surface area (Å²) >= 11 is 5.99. The summed E-state index contributed by atoms with van der Waals surface area (Å²) in [5, 5.41) is 3.16. The molecule has 0 aliphatic heterocycles. The molecule has 0 fully saturated rings.